The van der Waals surface area contributed by atoms with Crippen molar-refractivity contribution in [1.29, 1.82) is 0 Å². The Bertz CT molecular complexity index is 417. The van der Waals surface area contributed by atoms with Crippen molar-refractivity contribution in [1.82, 2.24) is 9.55 Å². The summed E-state index contributed by atoms with van der Waals surface area (Å²) in [6, 6.07) is 0. The van der Waals surface area contributed by atoms with E-state index in [1.807, 2.05) is 18.0 Å². The van der Waals surface area contributed by atoms with Gasteiger partial charge in [0, 0.05) is 30.1 Å². The van der Waals surface area contributed by atoms with Crippen molar-refractivity contribution in [3.05, 3.63) is 23.1 Å². The van der Waals surface area contributed by atoms with Crippen LogP contribution in [0.15, 0.2) is 11.6 Å². The fraction of sp³-hybridized carbons (Fsp3) is 0.667. The third kappa shape index (κ3) is 4.52. The van der Waals surface area contributed by atoms with Crippen molar-refractivity contribution in [2.75, 3.05) is 5.75 Å². The Labute approximate surface area is 116 Å². The van der Waals surface area contributed by atoms with Gasteiger partial charge in [-0.05, 0) is 16.9 Å². The number of hydrogen-bond acceptors (Lipinski definition) is 2. The molecule has 1 aromatic rings. The topological polar surface area (TPSA) is 17.8 Å². The van der Waals surface area contributed by atoms with E-state index in [2.05, 4.69) is 69.6 Å². The number of imidazole rings is 1. The Balaban J connectivity index is 2.70. The van der Waals surface area contributed by atoms with E-state index in [4.69, 9.17) is 0 Å². The molecule has 0 bridgehead atoms. The minimum Gasteiger partial charge on any atom is -0.331 e. The van der Waals surface area contributed by atoms with E-state index in [-0.39, 0.29) is 5.41 Å². The van der Waals surface area contributed by atoms with Gasteiger partial charge in [0.1, 0.15) is 5.82 Å². The van der Waals surface area contributed by atoms with Crippen LogP contribution in [0.4, 0.5) is 0 Å². The van der Waals surface area contributed by atoms with Crippen molar-refractivity contribution in [2.45, 2.75) is 47.0 Å². The predicted molar refractivity (Wildman–Crippen MR) is 82.9 cm³/mol. The summed E-state index contributed by atoms with van der Waals surface area (Å²) in [7, 11) is 2.09. The van der Waals surface area contributed by atoms with Gasteiger partial charge in [0.05, 0.1) is 0 Å². The molecule has 0 N–H and O–H groups in total. The van der Waals surface area contributed by atoms with E-state index in [1.165, 1.54) is 5.69 Å². The van der Waals surface area contributed by atoms with Crippen LogP contribution < -0.4 is 0 Å². The van der Waals surface area contributed by atoms with E-state index < -0.39 is 0 Å². The minimum atomic E-state index is 0.145. The van der Waals surface area contributed by atoms with Gasteiger partial charge in [0.2, 0.25) is 0 Å². The van der Waals surface area contributed by atoms with Gasteiger partial charge in [0.15, 0.2) is 0 Å². The van der Waals surface area contributed by atoms with E-state index in [1.54, 1.807) is 0 Å². The van der Waals surface area contributed by atoms with E-state index in [0.717, 1.165) is 11.6 Å². The van der Waals surface area contributed by atoms with E-state index in [9.17, 15) is 0 Å². The summed E-state index contributed by atoms with van der Waals surface area (Å²) in [6.45, 7) is 13.4. The maximum absolute atomic E-state index is 4.48. The molecule has 102 valence electrons. The van der Waals surface area contributed by atoms with Gasteiger partial charge in [-0.2, -0.15) is 0 Å². The van der Waals surface area contributed by atoms with Crippen molar-refractivity contribution in [3.63, 3.8) is 0 Å². The second-order valence-electron chi connectivity index (χ2n) is 6.99. The van der Waals surface area contributed by atoms with Gasteiger partial charge in [-0.3, -0.25) is 0 Å². The van der Waals surface area contributed by atoms with Gasteiger partial charge in [-0.15, -0.1) is 11.8 Å². The molecule has 3 heteroatoms. The molecule has 0 radical (unpaired) electrons. The first-order chi connectivity index (χ1) is 8.11. The average Bonchev–Trinajstić information content (AvgIpc) is 2.53. The Morgan fingerprint density at radius 2 is 1.83 bits per heavy atom. The largest absolute Gasteiger partial charge is 0.331 e. The Hall–Kier alpha value is -0.700. The molecule has 1 aromatic heterocycles. The lowest BCUT2D eigenvalue weighted by Gasteiger charge is -2.19. The van der Waals surface area contributed by atoms with Crippen LogP contribution in [0, 0.1) is 5.41 Å². The summed E-state index contributed by atoms with van der Waals surface area (Å²) in [4.78, 5) is 4.48. The molecule has 18 heavy (non-hydrogen) atoms. The molecule has 1 rings (SSSR count). The first-order valence-electron chi connectivity index (χ1n) is 6.41. The van der Waals surface area contributed by atoms with Crippen molar-refractivity contribution < 1.29 is 0 Å². The van der Waals surface area contributed by atoms with Gasteiger partial charge >= 0.3 is 0 Å². The van der Waals surface area contributed by atoms with Gasteiger partial charge in [0.25, 0.3) is 0 Å². The fourth-order valence-electron chi connectivity index (χ4n) is 1.68. The molecule has 0 atom stereocenters. The quantitative estimate of drug-likeness (QED) is 0.803. The van der Waals surface area contributed by atoms with Crippen LogP contribution in [0.1, 0.15) is 53.1 Å². The lowest BCUT2D eigenvalue weighted by molar-refractivity contribution is 0.481. The molecule has 0 amide bonds. The van der Waals surface area contributed by atoms with Gasteiger partial charge < -0.3 is 4.57 Å². The second-order valence-corrected chi connectivity index (χ2v) is 7.88. The number of rotatable bonds is 3. The summed E-state index contributed by atoms with van der Waals surface area (Å²) < 4.78 is 2.17. The third-order valence-electron chi connectivity index (χ3n) is 2.62. The van der Waals surface area contributed by atoms with Crippen LogP contribution in [0.5, 0.6) is 0 Å². The molecule has 0 aliphatic carbocycles. The second kappa shape index (κ2) is 5.52. The van der Waals surface area contributed by atoms with Crippen LogP contribution in [-0.2, 0) is 12.5 Å². The lowest BCUT2D eigenvalue weighted by atomic mass is 9.93. The smallest absolute Gasteiger partial charge is 0.133 e. The SMILES string of the molecule is Cn1c(C(C)(C)C)cnc1C=CSCC(C)(C)C. The summed E-state index contributed by atoms with van der Waals surface area (Å²) in [5, 5.41) is 2.15. The first-order valence-corrected chi connectivity index (χ1v) is 7.46. The molecule has 0 saturated heterocycles. The Kier molecular flexibility index (Phi) is 4.71. The van der Waals surface area contributed by atoms with E-state index >= 15 is 0 Å². The standard InChI is InChI=1S/C15H26N2S/c1-14(2,3)11-18-9-8-13-16-10-12(17(13)7)15(4,5)6/h8-10H,11H2,1-7H3. The third-order valence-corrected chi connectivity index (χ3v) is 3.98. The highest BCUT2D eigenvalue weighted by atomic mass is 32.2. The fourth-order valence-corrected chi connectivity index (χ4v) is 2.50. The van der Waals surface area contributed by atoms with Crippen LogP contribution in [-0.4, -0.2) is 15.3 Å². The minimum absolute atomic E-state index is 0.145. The molecule has 0 aliphatic heterocycles. The van der Waals surface area contributed by atoms with Gasteiger partial charge in [-0.1, -0.05) is 41.5 Å². The van der Waals surface area contributed by atoms with Crippen LogP contribution in [0.25, 0.3) is 6.08 Å². The summed E-state index contributed by atoms with van der Waals surface area (Å²) >= 11 is 1.85. The van der Waals surface area contributed by atoms with Gasteiger partial charge in [-0.25, -0.2) is 4.98 Å². The molecule has 0 spiro atoms. The molecule has 0 saturated carbocycles. The summed E-state index contributed by atoms with van der Waals surface area (Å²) in [6.07, 6.45) is 4.08. The Morgan fingerprint density at radius 3 is 2.28 bits per heavy atom. The summed E-state index contributed by atoms with van der Waals surface area (Å²) in [5.74, 6) is 2.15. The molecule has 0 aliphatic rings. The van der Waals surface area contributed by atoms with Crippen LogP contribution >= 0.6 is 11.8 Å². The van der Waals surface area contributed by atoms with Crippen molar-refractivity contribution in [3.8, 4) is 0 Å². The molecule has 1 heterocycles. The summed E-state index contributed by atoms with van der Waals surface area (Å²) in [5.41, 5.74) is 1.78. The molecular weight excluding hydrogens is 240 g/mol. The molecule has 0 fully saturated rings. The lowest BCUT2D eigenvalue weighted by Crippen LogP contribution is -2.16. The maximum atomic E-state index is 4.48. The van der Waals surface area contributed by atoms with Crippen molar-refractivity contribution in [2.24, 2.45) is 12.5 Å². The first kappa shape index (κ1) is 15.4. The highest BCUT2D eigenvalue weighted by molar-refractivity contribution is 8.02. The molecule has 0 unspecified atom stereocenters. The highest BCUT2D eigenvalue weighted by Gasteiger charge is 2.18. The highest BCUT2D eigenvalue weighted by Crippen LogP contribution is 2.24. The number of thioether (sulfide) groups is 1. The zero-order chi connectivity index (χ0) is 14.0. The van der Waals surface area contributed by atoms with E-state index in [0.29, 0.717) is 5.41 Å². The van der Waals surface area contributed by atoms with Crippen LogP contribution in [0.2, 0.25) is 0 Å². The zero-order valence-electron chi connectivity index (χ0n) is 12.7. The molecule has 0 aromatic carbocycles. The number of hydrogen-bond donors (Lipinski definition) is 0. The molecule has 2 nitrogen and oxygen atoms in total. The number of aromatic nitrogens is 2. The normalized spacial score (nSPS) is 13.5. The predicted octanol–water partition coefficient (Wildman–Crippen LogP) is 4.47. The number of nitrogens with zero attached hydrogens (tertiary/aromatic N) is 2. The Morgan fingerprint density at radius 1 is 1.22 bits per heavy atom. The van der Waals surface area contributed by atoms with Crippen molar-refractivity contribution >= 4 is 17.8 Å². The monoisotopic (exact) mass is 266 g/mol. The maximum Gasteiger partial charge on any atom is 0.133 e. The van der Waals surface area contributed by atoms with Crippen LogP contribution in [0.3, 0.4) is 0 Å². The molecular formula is C15H26N2S. The average molecular weight is 266 g/mol. The zero-order valence-corrected chi connectivity index (χ0v) is 13.6.